The number of aromatic amines is 2. The molecule has 13 heteroatoms. The van der Waals surface area contributed by atoms with Crippen LogP contribution in [0.2, 0.25) is 0 Å². The number of nitrogen functional groups attached to an aromatic ring is 1. The van der Waals surface area contributed by atoms with Gasteiger partial charge in [0, 0.05) is 35.6 Å². The maximum absolute atomic E-state index is 13.7. The highest BCUT2D eigenvalue weighted by atomic mass is 19.1. The van der Waals surface area contributed by atoms with E-state index in [-0.39, 0.29) is 29.9 Å². The van der Waals surface area contributed by atoms with Crippen LogP contribution >= 0.6 is 0 Å². The number of fused-ring (bicyclic) bond motifs is 1. The van der Waals surface area contributed by atoms with Gasteiger partial charge in [0.2, 0.25) is 5.88 Å². The molecule has 0 aliphatic rings. The van der Waals surface area contributed by atoms with Crippen molar-refractivity contribution >= 4 is 58.4 Å². The number of carbonyl (C=O) groups excluding carboxylic acids is 2. The summed E-state index contributed by atoms with van der Waals surface area (Å²) in [4.78, 5) is 35.5. The average Bonchev–Trinajstić information content (AvgIpc) is 3.46. The molecule has 44 heavy (non-hydrogen) atoms. The molecule has 5 aromatic rings. The molecule has 0 aliphatic carbocycles. The van der Waals surface area contributed by atoms with Gasteiger partial charge in [-0.05, 0) is 61.9 Å². The SMILES string of the molecule is C=c1c(C(=O)NCCNc2ccc(C(=O)Nc3ccc(C)cc3N)cn2)c(C)[nH]c1=CN=Nc1c(O)[nH]c2ccc(F)cc12. The summed E-state index contributed by atoms with van der Waals surface area (Å²) < 4.78 is 13.7. The number of nitrogens with zero attached hydrogens (tertiary/aromatic N) is 3. The van der Waals surface area contributed by atoms with E-state index in [4.69, 9.17) is 5.73 Å². The summed E-state index contributed by atoms with van der Waals surface area (Å²) in [6, 6.07) is 12.7. The minimum Gasteiger partial charge on any atom is -0.493 e. The first-order valence-electron chi connectivity index (χ1n) is 13.5. The van der Waals surface area contributed by atoms with Gasteiger partial charge < -0.3 is 36.8 Å². The van der Waals surface area contributed by atoms with E-state index in [0.29, 0.717) is 62.0 Å². The van der Waals surface area contributed by atoms with Crippen LogP contribution in [-0.4, -0.2) is 45.0 Å². The number of halogens is 1. The van der Waals surface area contributed by atoms with Crippen LogP contribution < -0.4 is 32.3 Å². The van der Waals surface area contributed by atoms with Gasteiger partial charge >= 0.3 is 0 Å². The van der Waals surface area contributed by atoms with E-state index in [1.165, 1.54) is 30.6 Å². The lowest BCUT2D eigenvalue weighted by atomic mass is 10.2. The van der Waals surface area contributed by atoms with Crippen molar-refractivity contribution in [1.82, 2.24) is 20.3 Å². The molecule has 0 saturated heterocycles. The van der Waals surface area contributed by atoms with E-state index in [1.807, 2.05) is 13.0 Å². The second kappa shape index (κ2) is 12.5. The van der Waals surface area contributed by atoms with Crippen molar-refractivity contribution in [2.45, 2.75) is 13.8 Å². The van der Waals surface area contributed by atoms with Crippen LogP contribution in [0.4, 0.5) is 27.3 Å². The summed E-state index contributed by atoms with van der Waals surface area (Å²) >= 11 is 0. The van der Waals surface area contributed by atoms with E-state index in [1.54, 1.807) is 31.2 Å². The van der Waals surface area contributed by atoms with Crippen LogP contribution in [0.5, 0.6) is 5.88 Å². The number of pyridine rings is 1. The maximum atomic E-state index is 13.7. The molecular formula is C31H30FN9O3. The van der Waals surface area contributed by atoms with Gasteiger partial charge in [-0.1, -0.05) is 12.6 Å². The quantitative estimate of drug-likeness (QED) is 0.0768. The molecule has 0 fully saturated rings. The molecule has 2 aromatic carbocycles. The fourth-order valence-electron chi connectivity index (χ4n) is 4.58. The molecule has 12 nitrogen and oxygen atoms in total. The Morgan fingerprint density at radius 2 is 1.91 bits per heavy atom. The van der Waals surface area contributed by atoms with Gasteiger partial charge in [0.15, 0.2) is 5.69 Å². The zero-order chi connectivity index (χ0) is 31.4. The Hall–Kier alpha value is -5.98. The number of benzene rings is 2. The Morgan fingerprint density at radius 3 is 2.66 bits per heavy atom. The van der Waals surface area contributed by atoms with E-state index in [0.717, 1.165) is 5.56 Å². The zero-order valence-corrected chi connectivity index (χ0v) is 24.0. The van der Waals surface area contributed by atoms with Crippen molar-refractivity contribution in [2.75, 3.05) is 29.5 Å². The van der Waals surface area contributed by atoms with Gasteiger partial charge in [-0.3, -0.25) is 9.59 Å². The number of aryl methyl sites for hydroxylation is 2. The Morgan fingerprint density at radius 1 is 1.09 bits per heavy atom. The smallest absolute Gasteiger partial charge is 0.257 e. The Bertz CT molecular complexity index is 2010. The number of nitrogens with one attached hydrogen (secondary N) is 5. The minimum atomic E-state index is -0.470. The van der Waals surface area contributed by atoms with Crippen LogP contribution in [-0.2, 0) is 0 Å². The largest absolute Gasteiger partial charge is 0.493 e. The lowest BCUT2D eigenvalue weighted by molar-refractivity contribution is 0.0953. The fraction of sp³-hybridized carbons (Fsp3) is 0.129. The third-order valence-corrected chi connectivity index (χ3v) is 6.81. The Labute approximate surface area is 250 Å². The zero-order valence-electron chi connectivity index (χ0n) is 24.0. The maximum Gasteiger partial charge on any atom is 0.257 e. The van der Waals surface area contributed by atoms with Crippen LogP contribution in [0.15, 0.2) is 65.0 Å². The molecule has 3 heterocycles. The number of carbonyl (C=O) groups is 2. The first kappa shape index (κ1) is 29.5. The van der Waals surface area contributed by atoms with Crippen LogP contribution in [0.25, 0.3) is 23.7 Å². The highest BCUT2D eigenvalue weighted by Gasteiger charge is 2.14. The van der Waals surface area contributed by atoms with Crippen molar-refractivity contribution in [3.63, 3.8) is 0 Å². The first-order chi connectivity index (χ1) is 21.1. The standard InChI is InChI=1S/C31H30FN9O3/c1-16-4-7-24(22(33)12-16)40-29(42)19-5-9-26(36-14-19)34-10-11-35-30(43)27-17(2)25(38-18(27)3)15-37-41-28-21-13-20(32)6-8-23(21)39-31(28)44/h4-9,12-15,38-39,44H,2,10-11,33H2,1,3H3,(H,34,36)(H,35,43)(H,40,42). The molecule has 0 spiro atoms. The number of azo groups is 1. The highest BCUT2D eigenvalue weighted by molar-refractivity contribution is 6.05. The number of amides is 2. The molecular weight excluding hydrogens is 565 g/mol. The number of nitrogens with two attached hydrogens (primary N) is 1. The molecule has 0 atom stereocenters. The van der Waals surface area contributed by atoms with E-state index in [2.05, 4.69) is 47.7 Å². The fourth-order valence-corrected chi connectivity index (χ4v) is 4.58. The molecule has 5 rings (SSSR count). The number of aromatic nitrogens is 3. The second-order valence-electron chi connectivity index (χ2n) is 10.0. The third-order valence-electron chi connectivity index (χ3n) is 6.81. The van der Waals surface area contributed by atoms with Gasteiger partial charge in [-0.25, -0.2) is 9.37 Å². The predicted molar refractivity (Wildman–Crippen MR) is 168 cm³/mol. The van der Waals surface area contributed by atoms with Gasteiger partial charge in [0.05, 0.1) is 39.6 Å². The minimum absolute atomic E-state index is 0.0925. The van der Waals surface area contributed by atoms with Gasteiger partial charge in [0.1, 0.15) is 11.6 Å². The summed E-state index contributed by atoms with van der Waals surface area (Å²) in [6.07, 6.45) is 2.82. The van der Waals surface area contributed by atoms with Crippen molar-refractivity contribution in [1.29, 1.82) is 0 Å². The normalized spacial score (nSPS) is 11.8. The van der Waals surface area contributed by atoms with Crippen molar-refractivity contribution in [2.24, 2.45) is 10.2 Å². The molecule has 3 aromatic heterocycles. The molecule has 224 valence electrons. The van der Waals surface area contributed by atoms with E-state index in [9.17, 15) is 19.1 Å². The lowest BCUT2D eigenvalue weighted by Gasteiger charge is -2.10. The number of hydrogen-bond acceptors (Lipinski definition) is 8. The first-order valence-corrected chi connectivity index (χ1v) is 13.5. The molecule has 0 radical (unpaired) electrons. The van der Waals surface area contributed by atoms with Crippen molar-refractivity contribution in [3.8, 4) is 5.88 Å². The number of anilines is 3. The third kappa shape index (κ3) is 6.41. The number of hydrogen-bond donors (Lipinski definition) is 7. The molecule has 0 unspecified atom stereocenters. The summed E-state index contributed by atoms with van der Waals surface area (Å²) in [7, 11) is 0. The molecule has 2 amide bonds. The van der Waals surface area contributed by atoms with E-state index < -0.39 is 5.82 Å². The summed E-state index contributed by atoms with van der Waals surface area (Å²) in [5, 5.41) is 28.1. The van der Waals surface area contributed by atoms with Crippen molar-refractivity contribution in [3.05, 3.63) is 93.5 Å². The van der Waals surface area contributed by atoms with Crippen LogP contribution in [0.1, 0.15) is 32.0 Å². The molecule has 0 saturated carbocycles. The summed E-state index contributed by atoms with van der Waals surface area (Å²) in [5.41, 5.74) is 9.90. The van der Waals surface area contributed by atoms with Gasteiger partial charge in [-0.15, -0.1) is 5.11 Å². The Kier molecular flexibility index (Phi) is 8.37. The highest BCUT2D eigenvalue weighted by Crippen LogP contribution is 2.35. The topological polar surface area (TPSA) is 186 Å². The van der Waals surface area contributed by atoms with E-state index >= 15 is 0 Å². The van der Waals surface area contributed by atoms with Crippen LogP contribution in [0.3, 0.4) is 0 Å². The molecule has 8 N–H and O–H groups in total. The summed E-state index contributed by atoms with van der Waals surface area (Å²) in [6.45, 7) is 8.31. The number of H-pyrrole nitrogens is 2. The monoisotopic (exact) mass is 595 g/mol. The van der Waals surface area contributed by atoms with Crippen molar-refractivity contribution < 1.29 is 19.1 Å². The predicted octanol–water partition coefficient (Wildman–Crippen LogP) is 3.96. The Balaban J connectivity index is 1.15. The molecule has 0 aliphatic heterocycles. The van der Waals surface area contributed by atoms with Gasteiger partial charge in [0.25, 0.3) is 11.8 Å². The average molecular weight is 596 g/mol. The lowest BCUT2D eigenvalue weighted by Crippen LogP contribution is -2.34. The summed E-state index contributed by atoms with van der Waals surface area (Å²) in [5.74, 6) is -0.840. The number of aromatic hydroxyl groups is 1. The second-order valence-corrected chi connectivity index (χ2v) is 10.0. The van der Waals surface area contributed by atoms with Crippen LogP contribution in [0, 0.1) is 19.7 Å². The van der Waals surface area contributed by atoms with Gasteiger partial charge in [-0.2, -0.15) is 5.11 Å². The molecule has 0 bridgehead atoms. The number of rotatable bonds is 9.